The summed E-state index contributed by atoms with van der Waals surface area (Å²) >= 11 is 0. The first kappa shape index (κ1) is 18.8. The maximum absolute atomic E-state index is 13.2. The highest BCUT2D eigenvalue weighted by molar-refractivity contribution is 5.87. The van der Waals surface area contributed by atoms with E-state index >= 15 is 0 Å². The molecule has 0 spiro atoms. The highest BCUT2D eigenvalue weighted by Crippen LogP contribution is 2.25. The van der Waals surface area contributed by atoms with Gasteiger partial charge in [-0.25, -0.2) is 9.97 Å². The fourth-order valence-corrected chi connectivity index (χ4v) is 3.49. The normalized spacial score (nSPS) is 12.2. The van der Waals surface area contributed by atoms with Crippen molar-refractivity contribution >= 4 is 27.7 Å². The summed E-state index contributed by atoms with van der Waals surface area (Å²) in [6.45, 7) is 1.99. The summed E-state index contributed by atoms with van der Waals surface area (Å²) in [6, 6.07) is 11.1. The Hall–Kier alpha value is -4.20. The van der Waals surface area contributed by atoms with Crippen molar-refractivity contribution in [3.05, 3.63) is 77.0 Å². The predicted molar refractivity (Wildman–Crippen MR) is 118 cm³/mol. The number of aromatic nitrogens is 4. The lowest BCUT2D eigenvalue weighted by atomic mass is 10.0. The first-order valence-corrected chi connectivity index (χ1v) is 9.74. The number of nitrogens with one attached hydrogen (secondary N) is 2. The maximum atomic E-state index is 13.2. The molecule has 0 saturated heterocycles. The predicted octanol–water partition coefficient (Wildman–Crippen LogP) is 4.31. The molecule has 0 radical (unpaired) electrons. The van der Waals surface area contributed by atoms with Crippen molar-refractivity contribution in [1.82, 2.24) is 20.2 Å². The Kier molecular flexibility index (Phi) is 4.59. The third-order valence-electron chi connectivity index (χ3n) is 5.25. The van der Waals surface area contributed by atoms with Crippen molar-refractivity contribution in [2.75, 3.05) is 12.4 Å². The first-order valence-electron chi connectivity index (χ1n) is 9.74. The van der Waals surface area contributed by atoms with Crippen LogP contribution in [-0.2, 0) is 0 Å². The largest absolute Gasteiger partial charge is 0.481 e. The summed E-state index contributed by atoms with van der Waals surface area (Å²) in [5.74, 6) is 1.13. The zero-order valence-corrected chi connectivity index (χ0v) is 16.9. The lowest BCUT2D eigenvalue weighted by Gasteiger charge is -2.15. The van der Waals surface area contributed by atoms with E-state index in [1.165, 1.54) is 6.26 Å². The van der Waals surface area contributed by atoms with Gasteiger partial charge in [-0.1, -0.05) is 18.2 Å². The number of methoxy groups -OCH3 is 1. The number of hydrogen-bond donors (Lipinski definition) is 2. The minimum atomic E-state index is -0.121. The molecule has 0 aliphatic carbocycles. The van der Waals surface area contributed by atoms with E-state index in [0.717, 1.165) is 22.0 Å². The van der Waals surface area contributed by atoms with Crippen LogP contribution in [-0.4, -0.2) is 27.3 Å². The van der Waals surface area contributed by atoms with Crippen LogP contribution in [0.4, 0.5) is 5.82 Å². The van der Waals surface area contributed by atoms with Crippen molar-refractivity contribution in [2.45, 2.75) is 13.0 Å². The summed E-state index contributed by atoms with van der Waals surface area (Å²) < 4.78 is 10.8. The summed E-state index contributed by atoms with van der Waals surface area (Å²) in [4.78, 5) is 21.8. The van der Waals surface area contributed by atoms with Crippen LogP contribution in [0.3, 0.4) is 0 Å². The highest BCUT2D eigenvalue weighted by Gasteiger charge is 2.13. The Labute approximate surface area is 176 Å². The van der Waals surface area contributed by atoms with Crippen LogP contribution in [0.15, 0.2) is 70.5 Å². The molecule has 2 N–H and O–H groups in total. The van der Waals surface area contributed by atoms with E-state index in [4.69, 9.17) is 9.15 Å². The zero-order valence-electron chi connectivity index (χ0n) is 16.9. The Morgan fingerprint density at radius 2 is 2.00 bits per heavy atom. The molecule has 0 unspecified atom stereocenters. The standard InChI is InChI=1S/C23H19N5O3/c1-13(15-5-6-22(30-2)25-9-15)27-21-8-17-20(11-24-21)31-12-18(23(17)29)14-3-4-16-10-26-28-19(16)7-14/h3-13H,1-2H3,(H,24,27)(H,26,28)/t13-/m0/s1. The SMILES string of the molecule is COc1ccc([C@H](C)Nc2cc3c(=O)c(-c4ccc5cn[nH]c5c4)coc3cn2)cn1. The lowest BCUT2D eigenvalue weighted by molar-refractivity contribution is 0.397. The van der Waals surface area contributed by atoms with Crippen LogP contribution in [0.25, 0.3) is 33.0 Å². The second kappa shape index (κ2) is 7.56. The number of hydrogen-bond acceptors (Lipinski definition) is 7. The van der Waals surface area contributed by atoms with Crippen LogP contribution in [0.2, 0.25) is 0 Å². The van der Waals surface area contributed by atoms with E-state index in [9.17, 15) is 4.79 Å². The van der Waals surface area contributed by atoms with Gasteiger partial charge in [-0.15, -0.1) is 0 Å². The number of pyridine rings is 2. The Morgan fingerprint density at radius 3 is 2.81 bits per heavy atom. The molecule has 154 valence electrons. The molecule has 1 aromatic carbocycles. The number of rotatable bonds is 5. The molecule has 0 saturated carbocycles. The van der Waals surface area contributed by atoms with Gasteiger partial charge in [-0.3, -0.25) is 9.89 Å². The van der Waals surface area contributed by atoms with E-state index < -0.39 is 0 Å². The maximum Gasteiger partial charge on any atom is 0.212 e. The van der Waals surface area contributed by atoms with Crippen molar-refractivity contribution in [1.29, 1.82) is 0 Å². The summed E-state index contributed by atoms with van der Waals surface area (Å²) in [5, 5.41) is 11.7. The average Bonchev–Trinajstić information content (AvgIpc) is 3.27. The van der Waals surface area contributed by atoms with E-state index in [1.54, 1.807) is 37.8 Å². The fraction of sp³-hybridized carbons (Fsp3) is 0.130. The number of aromatic amines is 1. The molecule has 0 aliphatic rings. The van der Waals surface area contributed by atoms with E-state index in [0.29, 0.717) is 28.2 Å². The molecular weight excluding hydrogens is 394 g/mol. The van der Waals surface area contributed by atoms with Crippen molar-refractivity contribution in [3.8, 4) is 17.0 Å². The molecule has 5 rings (SSSR count). The Bertz CT molecular complexity index is 1440. The van der Waals surface area contributed by atoms with E-state index in [1.807, 2.05) is 31.2 Å². The molecule has 1 atom stereocenters. The molecule has 5 aromatic rings. The van der Waals surface area contributed by atoms with Gasteiger partial charge in [-0.2, -0.15) is 5.10 Å². The number of anilines is 1. The molecule has 4 aromatic heterocycles. The van der Waals surface area contributed by atoms with Gasteiger partial charge in [-0.05, 0) is 30.2 Å². The molecule has 0 fully saturated rings. The molecular formula is C23H19N5O3. The molecule has 4 heterocycles. The lowest BCUT2D eigenvalue weighted by Crippen LogP contribution is -2.10. The van der Waals surface area contributed by atoms with Crippen LogP contribution in [0, 0.1) is 0 Å². The van der Waals surface area contributed by atoms with Crippen molar-refractivity contribution in [3.63, 3.8) is 0 Å². The highest BCUT2D eigenvalue weighted by atomic mass is 16.5. The number of H-pyrrole nitrogens is 1. The number of benzene rings is 1. The Morgan fingerprint density at radius 1 is 1.10 bits per heavy atom. The van der Waals surface area contributed by atoms with Gasteiger partial charge in [0.15, 0.2) is 5.58 Å². The van der Waals surface area contributed by atoms with Gasteiger partial charge in [0.25, 0.3) is 0 Å². The second-order valence-corrected chi connectivity index (χ2v) is 7.22. The topological polar surface area (TPSA) is 106 Å². The van der Waals surface area contributed by atoms with Gasteiger partial charge in [0.2, 0.25) is 11.3 Å². The van der Waals surface area contributed by atoms with Gasteiger partial charge >= 0.3 is 0 Å². The van der Waals surface area contributed by atoms with E-state index in [2.05, 4.69) is 25.5 Å². The molecule has 0 amide bonds. The quantitative estimate of drug-likeness (QED) is 0.442. The van der Waals surface area contributed by atoms with Crippen LogP contribution in [0.1, 0.15) is 18.5 Å². The first-order chi connectivity index (χ1) is 15.1. The number of nitrogens with zero attached hydrogens (tertiary/aromatic N) is 3. The monoisotopic (exact) mass is 413 g/mol. The molecule has 0 aliphatic heterocycles. The minimum absolute atomic E-state index is 0.0682. The zero-order chi connectivity index (χ0) is 21.4. The summed E-state index contributed by atoms with van der Waals surface area (Å²) in [6.07, 6.45) is 6.52. The van der Waals surface area contributed by atoms with Gasteiger partial charge in [0.1, 0.15) is 12.1 Å². The minimum Gasteiger partial charge on any atom is -0.481 e. The molecule has 0 bridgehead atoms. The van der Waals surface area contributed by atoms with Crippen LogP contribution in [0.5, 0.6) is 5.88 Å². The number of ether oxygens (including phenoxy) is 1. The van der Waals surface area contributed by atoms with Gasteiger partial charge < -0.3 is 14.5 Å². The molecule has 8 heteroatoms. The van der Waals surface area contributed by atoms with Gasteiger partial charge in [0.05, 0.1) is 42.0 Å². The smallest absolute Gasteiger partial charge is 0.212 e. The summed E-state index contributed by atoms with van der Waals surface area (Å²) in [5.41, 5.74) is 3.38. The van der Waals surface area contributed by atoms with Crippen LogP contribution >= 0.6 is 0 Å². The van der Waals surface area contributed by atoms with Crippen molar-refractivity contribution < 1.29 is 9.15 Å². The third kappa shape index (κ3) is 3.48. The fourth-order valence-electron chi connectivity index (χ4n) is 3.49. The average molecular weight is 413 g/mol. The summed E-state index contributed by atoms with van der Waals surface area (Å²) in [7, 11) is 1.58. The molecule has 31 heavy (non-hydrogen) atoms. The number of fused-ring (bicyclic) bond motifs is 2. The third-order valence-corrected chi connectivity index (χ3v) is 5.25. The second-order valence-electron chi connectivity index (χ2n) is 7.22. The van der Waals surface area contributed by atoms with Crippen LogP contribution < -0.4 is 15.5 Å². The Balaban J connectivity index is 1.49. The van der Waals surface area contributed by atoms with E-state index in [-0.39, 0.29) is 11.5 Å². The van der Waals surface area contributed by atoms with Gasteiger partial charge in [0, 0.05) is 17.6 Å². The molecule has 8 nitrogen and oxygen atoms in total. The van der Waals surface area contributed by atoms with Crippen molar-refractivity contribution in [2.24, 2.45) is 0 Å².